The molecule has 7 heteroatoms. The largest absolute Gasteiger partial charge is 0.480 e. The van der Waals surface area contributed by atoms with E-state index in [0.29, 0.717) is 0 Å². The number of carbonyl (C=O) groups is 2. The Morgan fingerprint density at radius 2 is 1.62 bits per heavy atom. The van der Waals surface area contributed by atoms with Crippen LogP contribution in [0.1, 0.15) is 0 Å². The first-order valence-electron chi connectivity index (χ1n) is 3.37. The second-order valence-corrected chi connectivity index (χ2v) is 3.88. The van der Waals surface area contributed by atoms with E-state index in [1.54, 1.807) is 0 Å². The third kappa shape index (κ3) is 7.41. The molecule has 0 saturated carbocycles. The quantitative estimate of drug-likeness (QED) is 0.570. The minimum Gasteiger partial charge on any atom is -0.480 e. The Morgan fingerprint density at radius 1 is 1.23 bits per heavy atom. The average molecular weight is 209 g/mol. The molecule has 0 amide bonds. The molecule has 13 heavy (non-hydrogen) atoms. The maximum atomic E-state index is 10.7. The van der Waals surface area contributed by atoms with Crippen LogP contribution in [0.3, 0.4) is 0 Å². The van der Waals surface area contributed by atoms with Crippen LogP contribution in [0.2, 0.25) is 0 Å². The first kappa shape index (κ1) is 12.0. The molecule has 0 aromatic rings. The van der Waals surface area contributed by atoms with E-state index in [4.69, 9.17) is 10.2 Å². The van der Waals surface area contributed by atoms with Crippen LogP contribution >= 0.6 is 0 Å². The molecule has 0 rings (SSSR count). The zero-order valence-corrected chi connectivity index (χ0v) is 7.91. The Morgan fingerprint density at radius 3 is 1.85 bits per heavy atom. The summed E-state index contributed by atoms with van der Waals surface area (Å²) < 4.78 is 10.7. The molecule has 1 unspecified atom stereocenters. The molecule has 0 spiro atoms. The molecule has 0 fully saturated rings. The normalized spacial score (nSPS) is 12.8. The predicted molar refractivity (Wildman–Crippen MR) is 45.8 cm³/mol. The van der Waals surface area contributed by atoms with Crippen LogP contribution in [0.4, 0.5) is 0 Å². The van der Waals surface area contributed by atoms with Gasteiger partial charge in [-0.3, -0.25) is 18.7 Å². The summed E-state index contributed by atoms with van der Waals surface area (Å²) in [5, 5.41) is 16.8. The highest BCUT2D eigenvalue weighted by atomic mass is 32.2. The zero-order chi connectivity index (χ0) is 10.4. The molecule has 0 heterocycles. The Kier molecular flexibility index (Phi) is 5.24. The molecule has 6 nitrogen and oxygen atoms in total. The smallest absolute Gasteiger partial charge is 0.317 e. The maximum Gasteiger partial charge on any atom is 0.317 e. The summed E-state index contributed by atoms with van der Waals surface area (Å²) >= 11 is 0. The van der Waals surface area contributed by atoms with Crippen LogP contribution in [0.25, 0.3) is 0 Å². The predicted octanol–water partition coefficient (Wildman–Crippen LogP) is -1.21. The van der Waals surface area contributed by atoms with E-state index in [0.717, 1.165) is 4.90 Å². The van der Waals surface area contributed by atoms with Crippen molar-refractivity contribution in [1.29, 1.82) is 0 Å². The van der Waals surface area contributed by atoms with Gasteiger partial charge >= 0.3 is 11.9 Å². The lowest BCUT2D eigenvalue weighted by atomic mass is 10.5. The minimum absolute atomic E-state index is 0.0431. The van der Waals surface area contributed by atoms with Gasteiger partial charge in [-0.05, 0) is 0 Å². The summed E-state index contributed by atoms with van der Waals surface area (Å²) in [4.78, 5) is 21.6. The third-order valence-electron chi connectivity index (χ3n) is 1.08. The topological polar surface area (TPSA) is 94.9 Å². The number of hydrogen-bond donors (Lipinski definition) is 2. The third-order valence-corrected chi connectivity index (χ3v) is 1.81. The average Bonchev–Trinajstić information content (AvgIpc) is 1.80. The lowest BCUT2D eigenvalue weighted by molar-refractivity contribution is -0.141. The molecule has 0 aliphatic rings. The Bertz CT molecular complexity index is 191. The fourth-order valence-corrected chi connectivity index (χ4v) is 1.48. The lowest BCUT2D eigenvalue weighted by Crippen LogP contribution is -2.36. The van der Waals surface area contributed by atoms with Crippen molar-refractivity contribution in [2.75, 3.05) is 25.2 Å². The van der Waals surface area contributed by atoms with E-state index in [1.807, 2.05) is 0 Å². The Labute approximate surface area is 77.6 Å². The maximum absolute atomic E-state index is 10.7. The van der Waals surface area contributed by atoms with Crippen molar-refractivity contribution >= 4 is 22.7 Å². The summed E-state index contributed by atoms with van der Waals surface area (Å²) in [6.07, 6.45) is 1.39. The number of nitrogens with zero attached hydrogens (tertiary/aromatic N) is 1. The van der Waals surface area contributed by atoms with Gasteiger partial charge in [0.15, 0.2) is 0 Å². The van der Waals surface area contributed by atoms with Crippen LogP contribution in [0.5, 0.6) is 0 Å². The van der Waals surface area contributed by atoms with Crippen LogP contribution in [-0.4, -0.2) is 56.5 Å². The van der Waals surface area contributed by atoms with Crippen molar-refractivity contribution in [2.45, 2.75) is 0 Å². The van der Waals surface area contributed by atoms with Crippen molar-refractivity contribution in [1.82, 2.24) is 4.90 Å². The van der Waals surface area contributed by atoms with E-state index in [9.17, 15) is 13.8 Å². The molecule has 1 atom stereocenters. The highest BCUT2D eigenvalue weighted by Crippen LogP contribution is 1.90. The standard InChI is InChI=1S/C6H11NO5S/c1-13(12)4-7(2-5(8)9)3-6(10)11/h2-4H2,1H3,(H,8,9)(H,10,11). The van der Waals surface area contributed by atoms with E-state index in [-0.39, 0.29) is 5.88 Å². The van der Waals surface area contributed by atoms with Gasteiger partial charge in [-0.2, -0.15) is 0 Å². The summed E-state index contributed by atoms with van der Waals surface area (Å²) in [5.74, 6) is -2.31. The van der Waals surface area contributed by atoms with Crippen LogP contribution < -0.4 is 0 Å². The molecule has 0 bridgehead atoms. The van der Waals surface area contributed by atoms with E-state index < -0.39 is 35.8 Å². The van der Waals surface area contributed by atoms with Gasteiger partial charge in [-0.15, -0.1) is 0 Å². The van der Waals surface area contributed by atoms with Crippen molar-refractivity contribution < 1.29 is 24.0 Å². The molecule has 0 saturated heterocycles. The van der Waals surface area contributed by atoms with Gasteiger partial charge in [0, 0.05) is 17.1 Å². The number of carboxylic acid groups (broad SMARTS) is 2. The number of carboxylic acids is 2. The molecule has 0 aliphatic heterocycles. The van der Waals surface area contributed by atoms with Crippen molar-refractivity contribution in [3.05, 3.63) is 0 Å². The summed E-state index contributed by atoms with van der Waals surface area (Å²) in [5.41, 5.74) is 0. The molecule has 0 aliphatic carbocycles. The molecule has 0 radical (unpaired) electrons. The van der Waals surface area contributed by atoms with Crippen molar-refractivity contribution in [3.8, 4) is 0 Å². The van der Waals surface area contributed by atoms with Gasteiger partial charge < -0.3 is 10.2 Å². The van der Waals surface area contributed by atoms with Gasteiger partial charge in [-0.25, -0.2) is 0 Å². The fourth-order valence-electron chi connectivity index (χ4n) is 0.787. The van der Waals surface area contributed by atoms with Crippen LogP contribution in [-0.2, 0) is 20.4 Å². The van der Waals surface area contributed by atoms with Gasteiger partial charge in [-0.1, -0.05) is 0 Å². The molecular weight excluding hydrogens is 198 g/mol. The van der Waals surface area contributed by atoms with E-state index >= 15 is 0 Å². The summed E-state index contributed by atoms with van der Waals surface area (Å²) in [6.45, 7) is -0.822. The summed E-state index contributed by atoms with van der Waals surface area (Å²) in [7, 11) is -1.23. The van der Waals surface area contributed by atoms with Gasteiger partial charge in [0.2, 0.25) is 0 Å². The first-order chi connectivity index (χ1) is 5.91. The van der Waals surface area contributed by atoms with Gasteiger partial charge in [0.1, 0.15) is 0 Å². The Balaban J connectivity index is 4.10. The lowest BCUT2D eigenvalue weighted by Gasteiger charge is -2.15. The van der Waals surface area contributed by atoms with Crippen LogP contribution in [0.15, 0.2) is 0 Å². The number of hydrogen-bond acceptors (Lipinski definition) is 4. The molecule has 0 aromatic carbocycles. The fraction of sp³-hybridized carbons (Fsp3) is 0.667. The number of rotatable bonds is 6. The number of aliphatic carboxylic acids is 2. The monoisotopic (exact) mass is 209 g/mol. The highest BCUT2D eigenvalue weighted by Gasteiger charge is 2.13. The first-order valence-corrected chi connectivity index (χ1v) is 5.10. The molecule has 2 N–H and O–H groups in total. The molecular formula is C6H11NO5S. The van der Waals surface area contributed by atoms with Crippen molar-refractivity contribution in [2.24, 2.45) is 0 Å². The van der Waals surface area contributed by atoms with E-state index in [1.165, 1.54) is 6.26 Å². The zero-order valence-electron chi connectivity index (χ0n) is 7.10. The second kappa shape index (κ2) is 5.65. The second-order valence-electron chi connectivity index (χ2n) is 2.48. The minimum atomic E-state index is -1.23. The van der Waals surface area contributed by atoms with Crippen LogP contribution in [0, 0.1) is 0 Å². The van der Waals surface area contributed by atoms with Crippen molar-refractivity contribution in [3.63, 3.8) is 0 Å². The SMILES string of the molecule is CS(=O)CN(CC(=O)O)CC(=O)O. The molecule has 76 valence electrons. The van der Waals surface area contributed by atoms with E-state index in [2.05, 4.69) is 0 Å². The molecule has 0 aromatic heterocycles. The highest BCUT2D eigenvalue weighted by molar-refractivity contribution is 7.84. The van der Waals surface area contributed by atoms with Gasteiger partial charge in [0.25, 0.3) is 0 Å². The Hall–Kier alpha value is -0.950. The summed E-state index contributed by atoms with van der Waals surface area (Å²) in [6, 6.07) is 0. The van der Waals surface area contributed by atoms with Gasteiger partial charge in [0.05, 0.1) is 19.0 Å².